The Morgan fingerprint density at radius 2 is 2.06 bits per heavy atom. The molecule has 0 aromatic carbocycles. The molecule has 0 amide bonds. The SMILES string of the molecule is CC(C)CC1C(C(=O)O)=CN=CC1C(=O)O. The minimum absolute atomic E-state index is 0.0867. The molecule has 1 aliphatic rings. The van der Waals surface area contributed by atoms with Gasteiger partial charge in [0, 0.05) is 18.3 Å². The summed E-state index contributed by atoms with van der Waals surface area (Å²) < 4.78 is 0. The van der Waals surface area contributed by atoms with Gasteiger partial charge in [0.05, 0.1) is 11.5 Å². The van der Waals surface area contributed by atoms with Gasteiger partial charge in [-0.3, -0.25) is 9.79 Å². The second-order valence-corrected chi connectivity index (χ2v) is 4.29. The van der Waals surface area contributed by atoms with Crippen molar-refractivity contribution >= 4 is 18.2 Å². The van der Waals surface area contributed by atoms with Crippen LogP contribution in [-0.2, 0) is 9.59 Å². The monoisotopic (exact) mass is 225 g/mol. The maximum Gasteiger partial charge on any atom is 0.333 e. The predicted molar refractivity (Wildman–Crippen MR) is 58.3 cm³/mol. The standard InChI is InChI=1S/C11H15NO4/c1-6(2)3-7-8(10(13)14)4-12-5-9(7)11(15)16/h4-8H,3H2,1-2H3,(H,13,14)(H,15,16). The molecule has 0 bridgehead atoms. The van der Waals surface area contributed by atoms with Gasteiger partial charge < -0.3 is 10.2 Å². The van der Waals surface area contributed by atoms with Crippen molar-refractivity contribution in [1.82, 2.24) is 0 Å². The summed E-state index contributed by atoms with van der Waals surface area (Å²) in [4.78, 5) is 25.7. The van der Waals surface area contributed by atoms with Gasteiger partial charge >= 0.3 is 11.9 Å². The number of carboxylic acid groups (broad SMARTS) is 2. The minimum Gasteiger partial charge on any atom is -0.481 e. The van der Waals surface area contributed by atoms with E-state index in [9.17, 15) is 9.59 Å². The summed E-state index contributed by atoms with van der Waals surface area (Å²) in [6.07, 6.45) is 3.08. The van der Waals surface area contributed by atoms with Gasteiger partial charge in [-0.1, -0.05) is 13.8 Å². The predicted octanol–water partition coefficient (Wildman–Crippen LogP) is 1.40. The Kier molecular flexibility index (Phi) is 3.82. The van der Waals surface area contributed by atoms with Gasteiger partial charge in [-0.05, 0) is 12.3 Å². The van der Waals surface area contributed by atoms with Crippen LogP contribution < -0.4 is 0 Å². The molecule has 2 N–H and O–H groups in total. The molecule has 0 spiro atoms. The zero-order valence-corrected chi connectivity index (χ0v) is 9.25. The Bertz CT molecular complexity index is 357. The molecule has 0 saturated heterocycles. The first-order valence-electron chi connectivity index (χ1n) is 5.13. The van der Waals surface area contributed by atoms with E-state index < -0.39 is 23.8 Å². The number of aliphatic carboxylic acids is 2. The van der Waals surface area contributed by atoms with E-state index in [2.05, 4.69) is 4.99 Å². The summed E-state index contributed by atoms with van der Waals surface area (Å²) in [6, 6.07) is 0. The fraction of sp³-hybridized carbons (Fsp3) is 0.545. The van der Waals surface area contributed by atoms with Crippen molar-refractivity contribution in [2.24, 2.45) is 22.7 Å². The zero-order chi connectivity index (χ0) is 12.3. The van der Waals surface area contributed by atoms with E-state index in [1.165, 1.54) is 12.4 Å². The minimum atomic E-state index is -1.09. The third-order valence-electron chi connectivity index (χ3n) is 2.55. The number of hydrogen-bond acceptors (Lipinski definition) is 3. The fourth-order valence-corrected chi connectivity index (χ4v) is 1.84. The van der Waals surface area contributed by atoms with Gasteiger partial charge in [0.1, 0.15) is 0 Å². The molecule has 2 unspecified atom stereocenters. The first kappa shape index (κ1) is 12.4. The number of carbonyl (C=O) groups is 2. The fourth-order valence-electron chi connectivity index (χ4n) is 1.84. The van der Waals surface area contributed by atoms with Crippen LogP contribution in [0, 0.1) is 17.8 Å². The molecule has 0 aromatic heterocycles. The summed E-state index contributed by atoms with van der Waals surface area (Å²) in [6.45, 7) is 3.87. The number of rotatable bonds is 4. The van der Waals surface area contributed by atoms with E-state index in [0.29, 0.717) is 6.42 Å². The molecule has 0 aromatic rings. The van der Waals surface area contributed by atoms with Gasteiger partial charge in [0.25, 0.3) is 0 Å². The Hall–Kier alpha value is -1.65. The van der Waals surface area contributed by atoms with Gasteiger partial charge in [0.2, 0.25) is 0 Å². The van der Waals surface area contributed by atoms with Gasteiger partial charge in [-0.15, -0.1) is 0 Å². The third-order valence-corrected chi connectivity index (χ3v) is 2.55. The Morgan fingerprint density at radius 1 is 1.44 bits per heavy atom. The van der Waals surface area contributed by atoms with Crippen LogP contribution in [0.1, 0.15) is 20.3 Å². The summed E-state index contributed by atoms with van der Waals surface area (Å²) >= 11 is 0. The number of aliphatic imine (C=N–C) groups is 1. The lowest BCUT2D eigenvalue weighted by atomic mass is 9.79. The second-order valence-electron chi connectivity index (χ2n) is 4.29. The Labute approximate surface area is 93.5 Å². The van der Waals surface area contributed by atoms with Crippen LogP contribution in [0.4, 0.5) is 0 Å². The molecule has 0 fully saturated rings. The van der Waals surface area contributed by atoms with Crippen LogP contribution in [-0.4, -0.2) is 28.4 Å². The average molecular weight is 225 g/mol. The summed E-state index contributed by atoms with van der Waals surface area (Å²) in [5.41, 5.74) is 0.0867. The topological polar surface area (TPSA) is 87.0 Å². The quantitative estimate of drug-likeness (QED) is 0.757. The van der Waals surface area contributed by atoms with Crippen molar-refractivity contribution in [3.63, 3.8) is 0 Å². The highest BCUT2D eigenvalue weighted by atomic mass is 16.4. The molecule has 1 heterocycles. The smallest absolute Gasteiger partial charge is 0.333 e. The first-order chi connectivity index (χ1) is 7.43. The molecular weight excluding hydrogens is 210 g/mol. The average Bonchev–Trinajstić information content (AvgIpc) is 2.16. The maximum absolute atomic E-state index is 11.0. The molecule has 0 radical (unpaired) electrons. The lowest BCUT2D eigenvalue weighted by molar-refractivity contribution is -0.141. The molecule has 16 heavy (non-hydrogen) atoms. The van der Waals surface area contributed by atoms with Crippen LogP contribution in [0.2, 0.25) is 0 Å². The van der Waals surface area contributed by atoms with E-state index in [1.807, 2.05) is 13.8 Å². The van der Waals surface area contributed by atoms with Gasteiger partial charge in [0.15, 0.2) is 0 Å². The molecule has 5 heteroatoms. The van der Waals surface area contributed by atoms with E-state index in [-0.39, 0.29) is 11.5 Å². The van der Waals surface area contributed by atoms with E-state index >= 15 is 0 Å². The van der Waals surface area contributed by atoms with Crippen LogP contribution in [0.5, 0.6) is 0 Å². The van der Waals surface area contributed by atoms with E-state index in [1.54, 1.807) is 0 Å². The molecular formula is C11H15NO4. The highest BCUT2D eigenvalue weighted by Gasteiger charge is 2.35. The molecule has 1 rings (SSSR count). The lowest BCUT2D eigenvalue weighted by Gasteiger charge is -2.25. The van der Waals surface area contributed by atoms with Gasteiger partial charge in [-0.2, -0.15) is 0 Å². The first-order valence-corrected chi connectivity index (χ1v) is 5.13. The van der Waals surface area contributed by atoms with Crippen molar-refractivity contribution in [2.45, 2.75) is 20.3 Å². The van der Waals surface area contributed by atoms with Crippen LogP contribution in [0.25, 0.3) is 0 Å². The molecule has 5 nitrogen and oxygen atoms in total. The lowest BCUT2D eigenvalue weighted by Crippen LogP contribution is -2.32. The largest absolute Gasteiger partial charge is 0.481 e. The molecule has 1 aliphatic heterocycles. The number of carboxylic acids is 2. The van der Waals surface area contributed by atoms with Crippen molar-refractivity contribution in [3.8, 4) is 0 Å². The Balaban J connectivity index is 2.99. The van der Waals surface area contributed by atoms with Crippen LogP contribution in [0.3, 0.4) is 0 Å². The summed E-state index contributed by atoms with van der Waals surface area (Å²) in [7, 11) is 0. The van der Waals surface area contributed by atoms with Crippen molar-refractivity contribution in [1.29, 1.82) is 0 Å². The molecule has 2 atom stereocenters. The molecule has 0 saturated carbocycles. The van der Waals surface area contributed by atoms with Crippen molar-refractivity contribution < 1.29 is 19.8 Å². The van der Waals surface area contributed by atoms with Crippen molar-refractivity contribution in [2.75, 3.05) is 0 Å². The normalized spacial score (nSPS) is 24.3. The Morgan fingerprint density at radius 3 is 2.50 bits per heavy atom. The number of hydrogen-bond donors (Lipinski definition) is 2. The molecule has 88 valence electrons. The van der Waals surface area contributed by atoms with E-state index in [4.69, 9.17) is 10.2 Å². The van der Waals surface area contributed by atoms with Crippen LogP contribution in [0.15, 0.2) is 16.8 Å². The van der Waals surface area contributed by atoms with Crippen LogP contribution >= 0.6 is 0 Å². The van der Waals surface area contributed by atoms with Gasteiger partial charge in [-0.25, -0.2) is 4.79 Å². The maximum atomic E-state index is 11.0. The molecule has 0 aliphatic carbocycles. The second kappa shape index (κ2) is 4.92. The van der Waals surface area contributed by atoms with Crippen molar-refractivity contribution in [3.05, 3.63) is 11.8 Å². The highest BCUT2D eigenvalue weighted by Crippen LogP contribution is 2.30. The summed E-state index contributed by atoms with van der Waals surface area (Å²) in [5, 5.41) is 18.0. The zero-order valence-electron chi connectivity index (χ0n) is 9.25. The van der Waals surface area contributed by atoms with E-state index in [0.717, 1.165) is 0 Å². The number of nitrogens with zero attached hydrogens (tertiary/aromatic N) is 1. The highest BCUT2D eigenvalue weighted by molar-refractivity contribution is 5.96. The third kappa shape index (κ3) is 2.68. The summed E-state index contributed by atoms with van der Waals surface area (Å²) in [5.74, 6) is -3.21.